The van der Waals surface area contributed by atoms with Gasteiger partial charge in [0.1, 0.15) is 5.82 Å². The summed E-state index contributed by atoms with van der Waals surface area (Å²) in [4.78, 5) is 4.30. The molecule has 2 aromatic carbocycles. The fraction of sp³-hybridized carbons (Fsp3) is 0.188. The molecule has 0 fully saturated rings. The molecule has 0 saturated heterocycles. The summed E-state index contributed by atoms with van der Waals surface area (Å²) < 4.78 is 42.2. The van der Waals surface area contributed by atoms with E-state index in [9.17, 15) is 12.8 Å². The van der Waals surface area contributed by atoms with Crippen molar-refractivity contribution in [3.63, 3.8) is 0 Å². The minimum atomic E-state index is -3.69. The number of nitrogens with zero attached hydrogens (tertiary/aromatic N) is 2. The van der Waals surface area contributed by atoms with Crippen LogP contribution in [0.1, 0.15) is 11.1 Å². The highest BCUT2D eigenvalue weighted by Gasteiger charge is 2.15. The standard InChI is InChI=1S/C16H16FN3O2S/c1-11-7-13(4-5-14(11)17)23(21,22)19-9-12-3-6-16-15(8-12)18-10-20(16)2/h3-8,10,19H,9H2,1-2H3. The second-order valence-electron chi connectivity index (χ2n) is 5.41. The van der Waals surface area contributed by atoms with Gasteiger partial charge < -0.3 is 4.57 Å². The summed E-state index contributed by atoms with van der Waals surface area (Å²) in [6.45, 7) is 1.68. The van der Waals surface area contributed by atoms with Gasteiger partial charge in [-0.05, 0) is 48.4 Å². The molecule has 1 aromatic heterocycles. The van der Waals surface area contributed by atoms with Crippen molar-refractivity contribution in [2.75, 3.05) is 0 Å². The summed E-state index contributed by atoms with van der Waals surface area (Å²) in [5, 5.41) is 0. The van der Waals surface area contributed by atoms with Crippen LogP contribution in [-0.2, 0) is 23.6 Å². The Morgan fingerprint density at radius 2 is 2.00 bits per heavy atom. The molecule has 0 bridgehead atoms. The lowest BCUT2D eigenvalue weighted by molar-refractivity contribution is 0.579. The number of hydrogen-bond acceptors (Lipinski definition) is 3. The maximum absolute atomic E-state index is 13.3. The van der Waals surface area contributed by atoms with Gasteiger partial charge in [-0.15, -0.1) is 0 Å². The number of imidazole rings is 1. The molecule has 1 N–H and O–H groups in total. The number of aryl methyl sites for hydroxylation is 2. The van der Waals surface area contributed by atoms with E-state index in [1.54, 1.807) is 6.33 Å². The average Bonchev–Trinajstić information content (AvgIpc) is 2.89. The van der Waals surface area contributed by atoms with Crippen LogP contribution in [0.4, 0.5) is 4.39 Å². The quantitative estimate of drug-likeness (QED) is 0.798. The number of sulfonamides is 1. The molecule has 0 unspecified atom stereocenters. The van der Waals surface area contributed by atoms with Crippen LogP contribution in [0.15, 0.2) is 47.6 Å². The molecule has 3 aromatic rings. The number of aromatic nitrogens is 2. The summed E-state index contributed by atoms with van der Waals surface area (Å²) in [6, 6.07) is 9.32. The predicted octanol–water partition coefficient (Wildman–Crippen LogP) is 2.50. The summed E-state index contributed by atoms with van der Waals surface area (Å²) in [7, 11) is -1.79. The van der Waals surface area contributed by atoms with Crippen molar-refractivity contribution in [1.82, 2.24) is 14.3 Å². The molecule has 0 aliphatic carbocycles. The monoisotopic (exact) mass is 333 g/mol. The lowest BCUT2D eigenvalue weighted by Crippen LogP contribution is -2.23. The zero-order chi connectivity index (χ0) is 16.6. The first kappa shape index (κ1) is 15.6. The molecule has 0 aliphatic rings. The molecule has 0 saturated carbocycles. The van der Waals surface area contributed by atoms with Crippen molar-refractivity contribution in [2.24, 2.45) is 7.05 Å². The highest BCUT2D eigenvalue weighted by atomic mass is 32.2. The zero-order valence-electron chi connectivity index (χ0n) is 12.7. The van der Waals surface area contributed by atoms with Gasteiger partial charge in [0.05, 0.1) is 22.3 Å². The fourth-order valence-electron chi connectivity index (χ4n) is 2.34. The van der Waals surface area contributed by atoms with Crippen LogP contribution in [0, 0.1) is 12.7 Å². The zero-order valence-corrected chi connectivity index (χ0v) is 13.6. The van der Waals surface area contributed by atoms with Gasteiger partial charge >= 0.3 is 0 Å². The smallest absolute Gasteiger partial charge is 0.240 e. The van der Waals surface area contributed by atoms with Crippen LogP contribution in [0.3, 0.4) is 0 Å². The van der Waals surface area contributed by atoms with Crippen molar-refractivity contribution in [3.05, 3.63) is 59.7 Å². The van der Waals surface area contributed by atoms with E-state index in [-0.39, 0.29) is 11.4 Å². The molecule has 0 amide bonds. The van der Waals surface area contributed by atoms with Gasteiger partial charge in [-0.1, -0.05) is 6.07 Å². The second-order valence-corrected chi connectivity index (χ2v) is 7.18. The first-order valence-electron chi connectivity index (χ1n) is 7.02. The topological polar surface area (TPSA) is 64.0 Å². The van der Waals surface area contributed by atoms with Gasteiger partial charge in [0.2, 0.25) is 10.0 Å². The molecule has 120 valence electrons. The van der Waals surface area contributed by atoms with Gasteiger partial charge in [-0.3, -0.25) is 0 Å². The van der Waals surface area contributed by atoms with E-state index in [4.69, 9.17) is 0 Å². The van der Waals surface area contributed by atoms with Crippen LogP contribution >= 0.6 is 0 Å². The van der Waals surface area contributed by atoms with Gasteiger partial charge in [0, 0.05) is 13.6 Å². The third-order valence-corrected chi connectivity index (χ3v) is 5.09. The molecule has 23 heavy (non-hydrogen) atoms. The first-order chi connectivity index (χ1) is 10.9. The third kappa shape index (κ3) is 3.11. The van der Waals surface area contributed by atoms with Crippen molar-refractivity contribution >= 4 is 21.1 Å². The van der Waals surface area contributed by atoms with Gasteiger partial charge in [-0.25, -0.2) is 22.5 Å². The van der Waals surface area contributed by atoms with E-state index in [1.165, 1.54) is 19.1 Å². The van der Waals surface area contributed by atoms with Crippen LogP contribution < -0.4 is 4.72 Å². The Morgan fingerprint density at radius 3 is 2.74 bits per heavy atom. The number of nitrogens with one attached hydrogen (secondary N) is 1. The molecule has 7 heteroatoms. The lowest BCUT2D eigenvalue weighted by atomic mass is 10.2. The molecule has 0 spiro atoms. The van der Waals surface area contributed by atoms with E-state index >= 15 is 0 Å². The van der Waals surface area contributed by atoms with E-state index < -0.39 is 15.8 Å². The fourth-order valence-corrected chi connectivity index (χ4v) is 3.44. The predicted molar refractivity (Wildman–Crippen MR) is 85.9 cm³/mol. The van der Waals surface area contributed by atoms with Crippen molar-refractivity contribution < 1.29 is 12.8 Å². The van der Waals surface area contributed by atoms with Crippen LogP contribution in [0.2, 0.25) is 0 Å². The van der Waals surface area contributed by atoms with Gasteiger partial charge in [-0.2, -0.15) is 0 Å². The summed E-state index contributed by atoms with van der Waals surface area (Å²) in [5.41, 5.74) is 2.88. The molecule has 5 nitrogen and oxygen atoms in total. The largest absolute Gasteiger partial charge is 0.334 e. The maximum atomic E-state index is 13.3. The molecule has 0 atom stereocenters. The Labute approximate surface area is 133 Å². The number of fused-ring (bicyclic) bond motifs is 1. The summed E-state index contributed by atoms with van der Waals surface area (Å²) in [5.74, 6) is -0.426. The normalized spacial score (nSPS) is 12.0. The SMILES string of the molecule is Cc1cc(S(=O)(=O)NCc2ccc3c(c2)ncn3C)ccc1F. The minimum absolute atomic E-state index is 0.0512. The van der Waals surface area contributed by atoms with Crippen molar-refractivity contribution in [1.29, 1.82) is 0 Å². The Hall–Kier alpha value is -2.25. The Bertz CT molecular complexity index is 980. The van der Waals surface area contributed by atoms with E-state index in [0.717, 1.165) is 22.7 Å². The second kappa shape index (κ2) is 5.75. The number of hydrogen-bond donors (Lipinski definition) is 1. The first-order valence-corrected chi connectivity index (χ1v) is 8.51. The Kier molecular flexibility index (Phi) is 3.91. The molecule has 0 radical (unpaired) electrons. The Morgan fingerprint density at radius 1 is 1.22 bits per heavy atom. The van der Waals surface area contributed by atoms with E-state index in [0.29, 0.717) is 5.56 Å². The highest BCUT2D eigenvalue weighted by molar-refractivity contribution is 7.89. The van der Waals surface area contributed by atoms with Crippen LogP contribution in [0.5, 0.6) is 0 Å². The number of halogens is 1. The number of rotatable bonds is 4. The highest BCUT2D eigenvalue weighted by Crippen LogP contribution is 2.16. The maximum Gasteiger partial charge on any atom is 0.240 e. The third-order valence-electron chi connectivity index (χ3n) is 3.70. The minimum Gasteiger partial charge on any atom is -0.334 e. The molecular weight excluding hydrogens is 317 g/mol. The summed E-state index contributed by atoms with van der Waals surface area (Å²) in [6.07, 6.45) is 1.71. The van der Waals surface area contributed by atoms with Crippen molar-refractivity contribution in [2.45, 2.75) is 18.4 Å². The van der Waals surface area contributed by atoms with E-state index in [2.05, 4.69) is 9.71 Å². The lowest BCUT2D eigenvalue weighted by Gasteiger charge is -2.08. The van der Waals surface area contributed by atoms with Crippen molar-refractivity contribution in [3.8, 4) is 0 Å². The average molecular weight is 333 g/mol. The van der Waals surface area contributed by atoms with E-state index in [1.807, 2.05) is 29.8 Å². The molecule has 0 aliphatic heterocycles. The van der Waals surface area contributed by atoms with Gasteiger partial charge in [0.15, 0.2) is 0 Å². The molecule has 3 rings (SSSR count). The Balaban J connectivity index is 1.81. The summed E-state index contributed by atoms with van der Waals surface area (Å²) >= 11 is 0. The van der Waals surface area contributed by atoms with Crippen LogP contribution in [0.25, 0.3) is 11.0 Å². The number of benzene rings is 2. The molecule has 1 heterocycles. The van der Waals surface area contributed by atoms with Crippen LogP contribution in [-0.4, -0.2) is 18.0 Å². The molecular formula is C16H16FN3O2S. The van der Waals surface area contributed by atoms with Gasteiger partial charge in [0.25, 0.3) is 0 Å².